The first-order valence-corrected chi connectivity index (χ1v) is 4.80. The van der Waals surface area contributed by atoms with E-state index in [0.29, 0.717) is 10.8 Å². The normalized spacial score (nSPS) is 8.83. The standard InChI is InChI=1S/C9H7ClOS/c1-7(11)9-8(3-2-5-10)4-6-12-9/h4,6H,5H2,1H3. The molecular weight excluding hydrogens is 192 g/mol. The summed E-state index contributed by atoms with van der Waals surface area (Å²) in [6.07, 6.45) is 0. The molecule has 1 aromatic rings. The first-order valence-electron chi connectivity index (χ1n) is 3.39. The average Bonchev–Trinajstić information content (AvgIpc) is 2.48. The Hall–Kier alpha value is -0.780. The summed E-state index contributed by atoms with van der Waals surface area (Å²) < 4.78 is 0. The minimum absolute atomic E-state index is 0.0591. The highest BCUT2D eigenvalue weighted by molar-refractivity contribution is 7.12. The third-order valence-electron chi connectivity index (χ3n) is 1.27. The Balaban J connectivity index is 2.99. The fraction of sp³-hybridized carbons (Fsp3) is 0.222. The van der Waals surface area contributed by atoms with Crippen LogP contribution in [0.1, 0.15) is 22.2 Å². The number of hydrogen-bond donors (Lipinski definition) is 0. The highest BCUT2D eigenvalue weighted by atomic mass is 35.5. The van der Waals surface area contributed by atoms with Gasteiger partial charge in [0.2, 0.25) is 0 Å². The first-order chi connectivity index (χ1) is 5.75. The molecule has 0 spiro atoms. The average molecular weight is 199 g/mol. The summed E-state index contributed by atoms with van der Waals surface area (Å²) in [7, 11) is 0. The molecule has 0 N–H and O–H groups in total. The largest absolute Gasteiger partial charge is 0.294 e. The van der Waals surface area contributed by atoms with Crippen molar-refractivity contribution in [2.75, 3.05) is 5.88 Å². The molecule has 0 aromatic carbocycles. The molecule has 0 radical (unpaired) electrons. The molecule has 62 valence electrons. The van der Waals surface area contributed by atoms with Gasteiger partial charge >= 0.3 is 0 Å². The molecule has 0 aliphatic rings. The maximum absolute atomic E-state index is 11.0. The van der Waals surface area contributed by atoms with E-state index in [0.717, 1.165) is 5.56 Å². The molecule has 1 rings (SSSR count). The number of alkyl halides is 1. The summed E-state index contributed by atoms with van der Waals surface area (Å²) in [5, 5.41) is 1.86. The highest BCUT2D eigenvalue weighted by Gasteiger charge is 2.05. The number of ketones is 1. The Morgan fingerprint density at radius 3 is 3.08 bits per heavy atom. The molecule has 1 heterocycles. The van der Waals surface area contributed by atoms with Crippen LogP contribution in [0.25, 0.3) is 0 Å². The Bertz CT molecular complexity index is 343. The van der Waals surface area contributed by atoms with Gasteiger partial charge in [0.1, 0.15) is 0 Å². The zero-order valence-corrected chi connectivity index (χ0v) is 8.13. The third kappa shape index (κ3) is 2.10. The molecule has 0 bridgehead atoms. The van der Waals surface area contributed by atoms with Gasteiger partial charge in [-0.05, 0) is 18.4 Å². The van der Waals surface area contributed by atoms with Crippen LogP contribution in [0.3, 0.4) is 0 Å². The molecule has 0 aliphatic heterocycles. The molecule has 0 fully saturated rings. The van der Waals surface area contributed by atoms with Crippen LogP contribution in [0, 0.1) is 11.8 Å². The lowest BCUT2D eigenvalue weighted by Crippen LogP contribution is -1.89. The zero-order chi connectivity index (χ0) is 8.97. The summed E-state index contributed by atoms with van der Waals surface area (Å²) in [6.45, 7) is 1.54. The van der Waals surface area contributed by atoms with E-state index in [-0.39, 0.29) is 5.78 Å². The van der Waals surface area contributed by atoms with E-state index in [1.165, 1.54) is 18.3 Å². The summed E-state index contributed by atoms with van der Waals surface area (Å²) >= 11 is 6.81. The molecule has 3 heteroatoms. The van der Waals surface area contributed by atoms with E-state index in [4.69, 9.17) is 11.6 Å². The van der Waals surface area contributed by atoms with Gasteiger partial charge in [-0.3, -0.25) is 4.79 Å². The summed E-state index contributed by atoms with van der Waals surface area (Å²) in [5.74, 6) is 5.91. The Labute approximate surface area is 80.4 Å². The van der Waals surface area contributed by atoms with Crippen LogP contribution in [0.5, 0.6) is 0 Å². The number of rotatable bonds is 1. The maximum atomic E-state index is 11.0. The fourth-order valence-corrected chi connectivity index (χ4v) is 1.63. The van der Waals surface area contributed by atoms with Crippen LogP contribution in [0.2, 0.25) is 0 Å². The van der Waals surface area contributed by atoms with Crippen LogP contribution < -0.4 is 0 Å². The Morgan fingerprint density at radius 1 is 1.75 bits per heavy atom. The molecule has 1 nitrogen and oxygen atoms in total. The van der Waals surface area contributed by atoms with Crippen LogP contribution in [0.4, 0.5) is 0 Å². The lowest BCUT2D eigenvalue weighted by molar-refractivity contribution is 0.102. The highest BCUT2D eigenvalue weighted by Crippen LogP contribution is 2.15. The molecule has 0 saturated heterocycles. The molecule has 0 aliphatic carbocycles. The number of carbonyl (C=O) groups is 1. The maximum Gasteiger partial charge on any atom is 0.170 e. The lowest BCUT2D eigenvalue weighted by Gasteiger charge is -1.88. The predicted octanol–water partition coefficient (Wildman–Crippen LogP) is 2.54. The Morgan fingerprint density at radius 2 is 2.50 bits per heavy atom. The molecule has 0 unspecified atom stereocenters. The topological polar surface area (TPSA) is 17.1 Å². The van der Waals surface area contributed by atoms with Crippen molar-refractivity contribution in [3.05, 3.63) is 21.9 Å². The van der Waals surface area contributed by atoms with Crippen molar-refractivity contribution in [3.8, 4) is 11.8 Å². The molecule has 0 amide bonds. The van der Waals surface area contributed by atoms with Crippen molar-refractivity contribution in [1.82, 2.24) is 0 Å². The van der Waals surface area contributed by atoms with Gasteiger partial charge < -0.3 is 0 Å². The minimum atomic E-state index is 0.0591. The van der Waals surface area contributed by atoms with Crippen LogP contribution >= 0.6 is 22.9 Å². The van der Waals surface area contributed by atoms with Crippen LogP contribution in [-0.2, 0) is 0 Å². The molecule has 1 aromatic heterocycles. The third-order valence-corrected chi connectivity index (χ3v) is 2.42. The second-order valence-corrected chi connectivity index (χ2v) is 3.34. The van der Waals surface area contributed by atoms with E-state index in [2.05, 4.69) is 11.8 Å². The van der Waals surface area contributed by atoms with E-state index in [1.807, 2.05) is 11.4 Å². The van der Waals surface area contributed by atoms with Gasteiger partial charge in [0, 0.05) is 5.56 Å². The van der Waals surface area contributed by atoms with Gasteiger partial charge in [-0.25, -0.2) is 0 Å². The SMILES string of the molecule is CC(=O)c1sccc1C#CCCl. The van der Waals surface area contributed by atoms with Gasteiger partial charge in [0.25, 0.3) is 0 Å². The van der Waals surface area contributed by atoms with Gasteiger partial charge in [-0.1, -0.05) is 11.8 Å². The van der Waals surface area contributed by atoms with Crippen molar-refractivity contribution in [2.45, 2.75) is 6.92 Å². The molecular formula is C9H7ClOS. The first kappa shape index (κ1) is 9.31. The van der Waals surface area contributed by atoms with Crippen LogP contribution in [0.15, 0.2) is 11.4 Å². The van der Waals surface area contributed by atoms with Crippen LogP contribution in [-0.4, -0.2) is 11.7 Å². The monoisotopic (exact) mass is 198 g/mol. The molecule has 0 atom stereocenters. The second kappa shape index (κ2) is 4.30. The van der Waals surface area contributed by atoms with Crippen molar-refractivity contribution in [3.63, 3.8) is 0 Å². The van der Waals surface area contributed by atoms with Gasteiger partial charge in [-0.15, -0.1) is 22.9 Å². The lowest BCUT2D eigenvalue weighted by atomic mass is 10.2. The second-order valence-electron chi connectivity index (χ2n) is 2.15. The summed E-state index contributed by atoms with van der Waals surface area (Å²) in [5.41, 5.74) is 0.785. The fourth-order valence-electron chi connectivity index (χ4n) is 0.809. The van der Waals surface area contributed by atoms with Gasteiger partial charge in [0.05, 0.1) is 10.8 Å². The van der Waals surface area contributed by atoms with Crippen molar-refractivity contribution in [1.29, 1.82) is 0 Å². The predicted molar refractivity (Wildman–Crippen MR) is 51.9 cm³/mol. The van der Waals surface area contributed by atoms with Crippen molar-refractivity contribution < 1.29 is 4.79 Å². The number of thiophene rings is 1. The van der Waals surface area contributed by atoms with E-state index in [1.54, 1.807) is 0 Å². The smallest absolute Gasteiger partial charge is 0.170 e. The summed E-state index contributed by atoms with van der Waals surface area (Å²) in [6, 6.07) is 1.83. The number of Topliss-reactive ketones (excluding diaryl/α,β-unsaturated/α-hetero) is 1. The summed E-state index contributed by atoms with van der Waals surface area (Å²) in [4.78, 5) is 11.7. The molecule has 0 saturated carbocycles. The minimum Gasteiger partial charge on any atom is -0.294 e. The number of hydrogen-bond acceptors (Lipinski definition) is 2. The number of halogens is 1. The van der Waals surface area contributed by atoms with Crippen molar-refractivity contribution >= 4 is 28.7 Å². The molecule has 12 heavy (non-hydrogen) atoms. The quantitative estimate of drug-likeness (QED) is 0.385. The number of carbonyl (C=O) groups excluding carboxylic acids is 1. The van der Waals surface area contributed by atoms with E-state index >= 15 is 0 Å². The van der Waals surface area contributed by atoms with E-state index in [9.17, 15) is 4.79 Å². The van der Waals surface area contributed by atoms with Gasteiger partial charge in [-0.2, -0.15) is 0 Å². The Kier molecular flexibility index (Phi) is 3.33. The van der Waals surface area contributed by atoms with Crippen molar-refractivity contribution in [2.24, 2.45) is 0 Å². The zero-order valence-electron chi connectivity index (χ0n) is 6.56. The van der Waals surface area contributed by atoms with Gasteiger partial charge in [0.15, 0.2) is 5.78 Å². The van der Waals surface area contributed by atoms with E-state index < -0.39 is 0 Å².